The maximum absolute atomic E-state index is 13.4. The van der Waals surface area contributed by atoms with Crippen molar-refractivity contribution in [1.29, 1.82) is 0 Å². The van der Waals surface area contributed by atoms with Crippen molar-refractivity contribution in [2.75, 3.05) is 40.4 Å². The van der Waals surface area contributed by atoms with Crippen LogP contribution in [0.5, 0.6) is 0 Å². The molecule has 2 aliphatic rings. The highest BCUT2D eigenvalue weighted by atomic mass is 35.5. The SMILES string of the molecule is CNC[C@H](CC1CCCCC1)NC(=O)N1CCC[C@@H]([C@@](O)(CCCCOC)c2cccc(Cl)c2)C1.O=C(O)/C=C/C(=O)O. The topological polar surface area (TPSA) is 148 Å². The minimum absolute atomic E-state index is 0.00131. The first-order valence-electron chi connectivity index (χ1n) is 15.4. The lowest BCUT2D eigenvalue weighted by molar-refractivity contribution is -0.134. The van der Waals surface area contributed by atoms with Crippen molar-refractivity contribution < 1.29 is 34.4 Å². The summed E-state index contributed by atoms with van der Waals surface area (Å²) in [5.41, 5.74) is -0.176. The Kier molecular flexibility index (Phi) is 16.6. The van der Waals surface area contributed by atoms with Crippen LogP contribution in [0.2, 0.25) is 5.02 Å². The normalized spacial score (nSPS) is 19.6. The molecule has 1 saturated carbocycles. The van der Waals surface area contributed by atoms with Gasteiger partial charge in [0.05, 0.1) is 5.60 Å². The molecule has 1 heterocycles. The zero-order chi connectivity index (χ0) is 31.7. The summed E-state index contributed by atoms with van der Waals surface area (Å²) in [5, 5.41) is 34.9. The van der Waals surface area contributed by atoms with Gasteiger partial charge in [-0.05, 0) is 69.2 Å². The number of rotatable bonds is 14. The van der Waals surface area contributed by atoms with Crippen LogP contribution in [-0.4, -0.2) is 84.6 Å². The van der Waals surface area contributed by atoms with Gasteiger partial charge in [0.2, 0.25) is 0 Å². The number of likely N-dealkylation sites (N-methyl/N-ethyl adjacent to an activating group) is 1. The van der Waals surface area contributed by atoms with Gasteiger partial charge in [-0.1, -0.05) is 55.8 Å². The number of methoxy groups -OCH3 is 1. The molecule has 0 unspecified atom stereocenters. The third-order valence-electron chi connectivity index (χ3n) is 8.35. The van der Waals surface area contributed by atoms with E-state index < -0.39 is 17.5 Å². The quantitative estimate of drug-likeness (QED) is 0.143. The molecule has 3 rings (SSSR count). The predicted octanol–water partition coefficient (Wildman–Crippen LogP) is 5.04. The molecular formula is C32H50ClN3O7. The van der Waals surface area contributed by atoms with Crippen molar-refractivity contribution in [2.24, 2.45) is 11.8 Å². The van der Waals surface area contributed by atoms with Gasteiger partial charge in [0, 0.05) is 62.5 Å². The summed E-state index contributed by atoms with van der Waals surface area (Å²) in [6, 6.07) is 7.72. The molecule has 2 amide bonds. The number of carbonyl (C=O) groups is 3. The number of aliphatic hydroxyl groups is 1. The minimum atomic E-state index is -1.26. The Hall–Kier alpha value is -2.66. The number of nitrogens with one attached hydrogen (secondary N) is 2. The van der Waals surface area contributed by atoms with Crippen molar-refractivity contribution in [3.8, 4) is 0 Å². The molecule has 1 aromatic carbocycles. The smallest absolute Gasteiger partial charge is 0.328 e. The van der Waals surface area contributed by atoms with E-state index in [1.54, 1.807) is 7.11 Å². The largest absolute Gasteiger partial charge is 0.478 e. The average molecular weight is 624 g/mol. The Morgan fingerprint density at radius 1 is 1.09 bits per heavy atom. The third-order valence-corrected chi connectivity index (χ3v) is 8.59. The maximum atomic E-state index is 13.4. The van der Waals surface area contributed by atoms with Gasteiger partial charge < -0.3 is 35.6 Å². The number of piperidine rings is 1. The van der Waals surface area contributed by atoms with Crippen LogP contribution >= 0.6 is 11.6 Å². The van der Waals surface area contributed by atoms with Crippen LogP contribution in [0.4, 0.5) is 4.79 Å². The lowest BCUT2D eigenvalue weighted by atomic mass is 9.74. The Labute approximate surface area is 260 Å². The summed E-state index contributed by atoms with van der Waals surface area (Å²) >= 11 is 6.31. The Balaban J connectivity index is 0.000000708. The number of carboxylic acids is 2. The number of aliphatic carboxylic acids is 2. The molecule has 43 heavy (non-hydrogen) atoms. The molecule has 1 saturated heterocycles. The molecule has 242 valence electrons. The van der Waals surface area contributed by atoms with Crippen LogP contribution in [0.25, 0.3) is 0 Å². The van der Waals surface area contributed by atoms with Crippen LogP contribution in [0.1, 0.15) is 76.2 Å². The Morgan fingerprint density at radius 2 is 1.79 bits per heavy atom. The molecule has 11 heteroatoms. The van der Waals surface area contributed by atoms with E-state index in [-0.39, 0.29) is 18.0 Å². The van der Waals surface area contributed by atoms with Crippen LogP contribution in [0, 0.1) is 11.8 Å². The van der Waals surface area contributed by atoms with Gasteiger partial charge in [0.25, 0.3) is 0 Å². The van der Waals surface area contributed by atoms with E-state index in [0.29, 0.717) is 42.7 Å². The Bertz CT molecular complexity index is 1020. The van der Waals surface area contributed by atoms with E-state index in [1.165, 1.54) is 32.1 Å². The number of urea groups is 1. The van der Waals surface area contributed by atoms with Crippen molar-refractivity contribution in [1.82, 2.24) is 15.5 Å². The molecule has 3 atom stereocenters. The number of carbonyl (C=O) groups excluding carboxylic acids is 1. The van der Waals surface area contributed by atoms with E-state index >= 15 is 0 Å². The molecule has 1 aliphatic carbocycles. The molecule has 0 spiro atoms. The molecule has 10 nitrogen and oxygen atoms in total. The van der Waals surface area contributed by atoms with Crippen molar-refractivity contribution in [3.63, 3.8) is 0 Å². The Morgan fingerprint density at radius 3 is 2.40 bits per heavy atom. The summed E-state index contributed by atoms with van der Waals surface area (Å²) in [6.07, 6.45) is 12.8. The van der Waals surface area contributed by atoms with E-state index in [0.717, 1.165) is 50.8 Å². The van der Waals surface area contributed by atoms with Gasteiger partial charge in [0.15, 0.2) is 0 Å². The number of likely N-dealkylation sites (tertiary alicyclic amines) is 1. The van der Waals surface area contributed by atoms with E-state index in [2.05, 4.69) is 10.6 Å². The fourth-order valence-electron chi connectivity index (χ4n) is 6.21. The van der Waals surface area contributed by atoms with Gasteiger partial charge in [-0.2, -0.15) is 0 Å². The van der Waals surface area contributed by atoms with Gasteiger partial charge in [-0.15, -0.1) is 0 Å². The summed E-state index contributed by atoms with van der Waals surface area (Å²) in [7, 11) is 3.65. The van der Waals surface area contributed by atoms with Crippen LogP contribution in [0.3, 0.4) is 0 Å². The number of hydrogen-bond donors (Lipinski definition) is 5. The van der Waals surface area contributed by atoms with Crippen molar-refractivity contribution in [2.45, 2.75) is 82.3 Å². The molecule has 0 radical (unpaired) electrons. The molecule has 5 N–H and O–H groups in total. The van der Waals surface area contributed by atoms with Gasteiger partial charge >= 0.3 is 18.0 Å². The van der Waals surface area contributed by atoms with Crippen LogP contribution < -0.4 is 10.6 Å². The monoisotopic (exact) mass is 623 g/mol. The van der Waals surface area contributed by atoms with Crippen LogP contribution in [0.15, 0.2) is 36.4 Å². The van der Waals surface area contributed by atoms with E-state index in [1.807, 2.05) is 36.2 Å². The lowest BCUT2D eigenvalue weighted by Gasteiger charge is -2.43. The van der Waals surface area contributed by atoms with E-state index in [9.17, 15) is 19.5 Å². The zero-order valence-corrected chi connectivity index (χ0v) is 26.4. The highest BCUT2D eigenvalue weighted by Crippen LogP contribution is 2.40. The zero-order valence-electron chi connectivity index (χ0n) is 25.6. The molecule has 0 aromatic heterocycles. The molecule has 0 bridgehead atoms. The first-order chi connectivity index (χ1) is 20.6. The summed E-state index contributed by atoms with van der Waals surface area (Å²) in [6.45, 7) is 2.74. The molecule has 2 fully saturated rings. The van der Waals surface area contributed by atoms with Gasteiger partial charge in [0.1, 0.15) is 0 Å². The number of nitrogens with zero attached hydrogens (tertiary/aromatic N) is 1. The number of halogens is 1. The highest BCUT2D eigenvalue weighted by Gasteiger charge is 2.41. The second-order valence-corrected chi connectivity index (χ2v) is 12.1. The summed E-state index contributed by atoms with van der Waals surface area (Å²) in [5.74, 6) is -1.85. The molecular weight excluding hydrogens is 574 g/mol. The first kappa shape index (κ1) is 36.5. The van der Waals surface area contributed by atoms with Crippen molar-refractivity contribution in [3.05, 3.63) is 47.0 Å². The average Bonchev–Trinajstić information content (AvgIpc) is 2.99. The summed E-state index contributed by atoms with van der Waals surface area (Å²) < 4.78 is 5.22. The fourth-order valence-corrected chi connectivity index (χ4v) is 6.40. The first-order valence-corrected chi connectivity index (χ1v) is 15.8. The molecule has 1 aromatic rings. The fraction of sp³-hybridized carbons (Fsp3) is 0.656. The highest BCUT2D eigenvalue weighted by molar-refractivity contribution is 6.30. The lowest BCUT2D eigenvalue weighted by Crippen LogP contribution is -2.54. The number of hydrogen-bond acceptors (Lipinski definition) is 6. The van der Waals surface area contributed by atoms with Crippen molar-refractivity contribution >= 4 is 29.6 Å². The minimum Gasteiger partial charge on any atom is -0.478 e. The second-order valence-electron chi connectivity index (χ2n) is 11.6. The maximum Gasteiger partial charge on any atom is 0.328 e. The molecule has 1 aliphatic heterocycles. The second kappa shape index (κ2) is 19.6. The standard InChI is InChI=1S/C28H46ClN3O3.C4H4O4/c1-30-20-26(18-22-10-4-3-5-11-22)31-27(33)32-16-9-13-24(21-32)28(34,15-6-7-17-35-2)23-12-8-14-25(29)19-23;5-3(6)1-2-4(7)8/h8,12,14,19,22,24,26,30,34H,3-7,9-11,13,15-18,20-21H2,1-2H3,(H,31,33);1-2H,(H,5,6)(H,7,8)/b;2-1+/t24-,26+,28-;/m1./s1. The third kappa shape index (κ3) is 13.3. The summed E-state index contributed by atoms with van der Waals surface area (Å²) in [4.78, 5) is 34.4. The predicted molar refractivity (Wildman–Crippen MR) is 167 cm³/mol. The number of benzene rings is 1. The van der Waals surface area contributed by atoms with Gasteiger partial charge in [-0.25, -0.2) is 14.4 Å². The number of amides is 2. The number of carboxylic acid groups (broad SMARTS) is 2. The van der Waals surface area contributed by atoms with Crippen LogP contribution in [-0.2, 0) is 19.9 Å². The number of ether oxygens (including phenoxy) is 1. The van der Waals surface area contributed by atoms with E-state index in [4.69, 9.17) is 26.6 Å². The number of unbranched alkanes of at least 4 members (excludes halogenated alkanes) is 1. The van der Waals surface area contributed by atoms with Gasteiger partial charge in [-0.3, -0.25) is 0 Å².